The normalized spacial score (nSPS) is 27.9. The molecule has 0 spiro atoms. The van der Waals surface area contributed by atoms with Gasteiger partial charge in [0.25, 0.3) is 0 Å². The van der Waals surface area contributed by atoms with Crippen LogP contribution in [0.2, 0.25) is 0 Å². The van der Waals surface area contributed by atoms with Gasteiger partial charge in [0.1, 0.15) is 0 Å². The van der Waals surface area contributed by atoms with Crippen LogP contribution >= 0.6 is 0 Å². The fourth-order valence-electron chi connectivity index (χ4n) is 3.58. The number of hydrogen-bond acceptors (Lipinski definition) is 1. The molecule has 1 aromatic carbocycles. The van der Waals surface area contributed by atoms with Gasteiger partial charge in [0, 0.05) is 12.6 Å². The highest BCUT2D eigenvalue weighted by atomic mass is 15.2. The van der Waals surface area contributed by atoms with Crippen LogP contribution in [-0.4, -0.2) is 17.5 Å². The molecule has 0 aromatic heterocycles. The molecule has 0 unspecified atom stereocenters. The van der Waals surface area contributed by atoms with Crippen LogP contribution in [0, 0.1) is 12.3 Å². The lowest BCUT2D eigenvalue weighted by Crippen LogP contribution is -2.44. The second kappa shape index (κ2) is 4.55. The summed E-state index contributed by atoms with van der Waals surface area (Å²) >= 11 is 0. The summed E-state index contributed by atoms with van der Waals surface area (Å²) in [5, 5.41) is 0. The smallest absolute Gasteiger partial charge is 0.0604 e. The zero-order valence-electron chi connectivity index (χ0n) is 10.2. The van der Waals surface area contributed by atoms with E-state index < -0.39 is 0 Å². The van der Waals surface area contributed by atoms with Crippen molar-refractivity contribution in [3.8, 4) is 12.3 Å². The van der Waals surface area contributed by atoms with Gasteiger partial charge in [-0.15, -0.1) is 6.42 Å². The van der Waals surface area contributed by atoms with Crippen LogP contribution in [0.15, 0.2) is 24.3 Å². The first kappa shape index (κ1) is 10.9. The Kier molecular flexibility index (Phi) is 2.91. The molecule has 0 N–H and O–H groups in total. The largest absolute Gasteiger partial charge is 0.284 e. The molecule has 1 aromatic rings. The molecular formula is C16H19N. The number of benzene rings is 1. The van der Waals surface area contributed by atoms with Crippen molar-refractivity contribution in [2.75, 3.05) is 6.54 Å². The lowest BCUT2D eigenvalue weighted by molar-refractivity contribution is 0.128. The van der Waals surface area contributed by atoms with E-state index in [0.29, 0.717) is 6.04 Å². The summed E-state index contributed by atoms with van der Waals surface area (Å²) in [6.45, 7) is 1.84. The molecule has 0 saturated heterocycles. The molecule has 17 heavy (non-hydrogen) atoms. The third-order valence-corrected chi connectivity index (χ3v) is 4.32. The third kappa shape index (κ3) is 1.87. The average Bonchev–Trinajstić information content (AvgIpc) is 2.39. The van der Waals surface area contributed by atoms with Gasteiger partial charge >= 0.3 is 0 Å². The maximum absolute atomic E-state index is 5.51. The van der Waals surface area contributed by atoms with Crippen molar-refractivity contribution in [3.63, 3.8) is 0 Å². The minimum Gasteiger partial charge on any atom is -0.284 e. The van der Waals surface area contributed by atoms with Crippen LogP contribution in [0.25, 0.3) is 0 Å². The average molecular weight is 225 g/mol. The maximum Gasteiger partial charge on any atom is 0.0604 e. The zero-order chi connectivity index (χ0) is 11.7. The number of rotatable bonds is 1. The molecule has 2 aliphatic rings. The molecule has 1 aliphatic heterocycles. The Bertz CT molecular complexity index is 443. The predicted molar refractivity (Wildman–Crippen MR) is 70.7 cm³/mol. The maximum atomic E-state index is 5.51. The topological polar surface area (TPSA) is 3.24 Å². The molecule has 1 heteroatoms. The van der Waals surface area contributed by atoms with Crippen molar-refractivity contribution >= 4 is 0 Å². The number of hydrogen-bond donors (Lipinski definition) is 0. The lowest BCUT2D eigenvalue weighted by Gasteiger charge is -2.44. The second-order valence-electron chi connectivity index (χ2n) is 5.27. The molecule has 1 aliphatic carbocycles. The highest BCUT2D eigenvalue weighted by molar-refractivity contribution is 5.34. The summed E-state index contributed by atoms with van der Waals surface area (Å²) in [6, 6.07) is 9.61. The highest BCUT2D eigenvalue weighted by Crippen LogP contribution is 2.41. The van der Waals surface area contributed by atoms with E-state index in [9.17, 15) is 0 Å². The minimum absolute atomic E-state index is 0.690. The fraction of sp³-hybridized carbons (Fsp3) is 0.500. The van der Waals surface area contributed by atoms with Gasteiger partial charge in [-0.05, 0) is 29.9 Å². The standard InChI is InChI=1S/C16H19N/c1-2-11-17-12-13-7-3-4-8-14(13)15-9-5-6-10-16(15)17/h1,3-4,7-8,15-16H,5-6,9-12H2/t15-,16-/m0/s1. The van der Waals surface area contributed by atoms with Gasteiger partial charge in [-0.3, -0.25) is 4.90 Å². The van der Waals surface area contributed by atoms with E-state index in [2.05, 4.69) is 35.1 Å². The molecule has 0 amide bonds. The van der Waals surface area contributed by atoms with Crippen molar-refractivity contribution in [3.05, 3.63) is 35.4 Å². The summed E-state index contributed by atoms with van der Waals surface area (Å²) < 4.78 is 0. The summed E-state index contributed by atoms with van der Waals surface area (Å²) in [6.07, 6.45) is 10.9. The van der Waals surface area contributed by atoms with Gasteiger partial charge in [0.05, 0.1) is 6.54 Å². The van der Waals surface area contributed by atoms with Gasteiger partial charge < -0.3 is 0 Å². The SMILES string of the molecule is C#CCN1Cc2ccccc2[C@@H]2CCCC[C@@H]21. The van der Waals surface area contributed by atoms with Crippen LogP contribution in [0.4, 0.5) is 0 Å². The van der Waals surface area contributed by atoms with Crippen molar-refractivity contribution in [1.82, 2.24) is 4.90 Å². The van der Waals surface area contributed by atoms with Gasteiger partial charge in [0.15, 0.2) is 0 Å². The quantitative estimate of drug-likeness (QED) is 0.664. The molecule has 2 atom stereocenters. The van der Waals surface area contributed by atoms with Crippen molar-refractivity contribution in [1.29, 1.82) is 0 Å². The molecule has 1 fully saturated rings. The van der Waals surface area contributed by atoms with E-state index in [-0.39, 0.29) is 0 Å². The highest BCUT2D eigenvalue weighted by Gasteiger charge is 2.35. The number of terminal acetylenes is 1. The van der Waals surface area contributed by atoms with Crippen LogP contribution < -0.4 is 0 Å². The molecule has 3 rings (SSSR count). The Labute approximate surface area is 104 Å². The number of fused-ring (bicyclic) bond motifs is 3. The van der Waals surface area contributed by atoms with Gasteiger partial charge in [0.2, 0.25) is 0 Å². The Morgan fingerprint density at radius 1 is 1.24 bits per heavy atom. The summed E-state index contributed by atoms with van der Waals surface area (Å²) in [5.41, 5.74) is 3.08. The van der Waals surface area contributed by atoms with Crippen LogP contribution in [0.3, 0.4) is 0 Å². The molecule has 0 bridgehead atoms. The fourth-order valence-corrected chi connectivity index (χ4v) is 3.58. The molecule has 88 valence electrons. The zero-order valence-corrected chi connectivity index (χ0v) is 10.2. The van der Waals surface area contributed by atoms with E-state index in [4.69, 9.17) is 6.42 Å². The van der Waals surface area contributed by atoms with Gasteiger partial charge in [-0.2, -0.15) is 0 Å². The molecule has 1 nitrogen and oxygen atoms in total. The van der Waals surface area contributed by atoms with E-state index in [1.165, 1.54) is 31.2 Å². The van der Waals surface area contributed by atoms with E-state index in [1.54, 1.807) is 5.56 Å². The third-order valence-electron chi connectivity index (χ3n) is 4.32. The predicted octanol–water partition coefficient (Wildman–Crippen LogP) is 3.16. The Morgan fingerprint density at radius 2 is 2.06 bits per heavy atom. The second-order valence-corrected chi connectivity index (χ2v) is 5.27. The van der Waals surface area contributed by atoms with Crippen molar-refractivity contribution < 1.29 is 0 Å². The minimum atomic E-state index is 0.690. The summed E-state index contributed by atoms with van der Waals surface area (Å²) in [4.78, 5) is 2.51. The lowest BCUT2D eigenvalue weighted by atomic mass is 9.75. The number of nitrogens with zero attached hydrogens (tertiary/aromatic N) is 1. The van der Waals surface area contributed by atoms with Crippen molar-refractivity contribution in [2.45, 2.75) is 44.2 Å². The summed E-state index contributed by atoms with van der Waals surface area (Å²) in [5.74, 6) is 3.55. The first-order valence-corrected chi connectivity index (χ1v) is 6.65. The first-order chi connectivity index (χ1) is 8.40. The van der Waals surface area contributed by atoms with Crippen molar-refractivity contribution in [2.24, 2.45) is 0 Å². The Morgan fingerprint density at radius 3 is 2.94 bits per heavy atom. The van der Waals surface area contributed by atoms with Gasteiger partial charge in [-0.1, -0.05) is 43.0 Å². The van der Waals surface area contributed by atoms with Crippen LogP contribution in [0.5, 0.6) is 0 Å². The van der Waals surface area contributed by atoms with Crippen LogP contribution in [0.1, 0.15) is 42.7 Å². The first-order valence-electron chi connectivity index (χ1n) is 6.65. The van der Waals surface area contributed by atoms with E-state index >= 15 is 0 Å². The summed E-state index contributed by atoms with van der Waals surface area (Å²) in [7, 11) is 0. The molecule has 1 heterocycles. The molecular weight excluding hydrogens is 206 g/mol. The Balaban J connectivity index is 1.97. The van der Waals surface area contributed by atoms with Crippen LogP contribution in [-0.2, 0) is 6.54 Å². The Hall–Kier alpha value is -1.26. The monoisotopic (exact) mass is 225 g/mol. The van der Waals surface area contributed by atoms with Gasteiger partial charge in [-0.25, -0.2) is 0 Å². The van der Waals surface area contributed by atoms with E-state index in [1.807, 2.05) is 0 Å². The van der Waals surface area contributed by atoms with E-state index in [0.717, 1.165) is 19.0 Å². The molecule has 1 saturated carbocycles. The molecule has 0 radical (unpaired) electrons.